The molecule has 1 heterocycles. The van der Waals surface area contributed by atoms with E-state index in [1.807, 2.05) is 6.92 Å². The number of rotatable bonds is 4. The Morgan fingerprint density at radius 3 is 2.94 bits per heavy atom. The predicted molar refractivity (Wildman–Crippen MR) is 70.4 cm³/mol. The molecular weight excluding hydrogens is 305 g/mol. The maximum absolute atomic E-state index is 13.7. The van der Waals surface area contributed by atoms with Gasteiger partial charge in [-0.2, -0.15) is 0 Å². The third-order valence-corrected chi connectivity index (χ3v) is 3.60. The van der Waals surface area contributed by atoms with E-state index >= 15 is 0 Å². The molecule has 0 bridgehead atoms. The summed E-state index contributed by atoms with van der Waals surface area (Å²) in [5, 5.41) is 12.7. The topological polar surface area (TPSA) is 37.8 Å². The number of nitrogens with zero attached hydrogens (tertiary/aromatic N) is 2. The first-order chi connectivity index (χ1) is 8.20. The summed E-state index contributed by atoms with van der Waals surface area (Å²) < 4.78 is 14.4. The van der Waals surface area contributed by atoms with Crippen LogP contribution in [0.2, 0.25) is 0 Å². The normalized spacial score (nSPS) is 10.8. The lowest BCUT2D eigenvalue weighted by Gasteiger charge is -1.98. The molecule has 0 fully saturated rings. The van der Waals surface area contributed by atoms with Gasteiger partial charge in [0, 0.05) is 16.6 Å². The van der Waals surface area contributed by atoms with Crippen molar-refractivity contribution in [1.29, 1.82) is 0 Å². The van der Waals surface area contributed by atoms with Crippen LogP contribution in [0.4, 0.5) is 4.39 Å². The maximum Gasteiger partial charge on any atom is 0.150 e. The first-order valence-electron chi connectivity index (χ1n) is 5.19. The standard InChI is InChI=1S/C11H11BrFN3S/c1-2-14-6-10-15-16-11(17-10)8-4-3-7(12)5-9(8)13/h3-5,14H,2,6H2,1H3. The Labute approximate surface area is 111 Å². The van der Waals surface area contributed by atoms with Gasteiger partial charge in [0.2, 0.25) is 0 Å². The molecule has 0 aliphatic carbocycles. The van der Waals surface area contributed by atoms with Gasteiger partial charge in [0.15, 0.2) is 5.01 Å². The molecule has 0 radical (unpaired) electrons. The number of benzene rings is 1. The predicted octanol–water partition coefficient (Wildman–Crippen LogP) is 3.22. The molecule has 1 N–H and O–H groups in total. The van der Waals surface area contributed by atoms with E-state index in [0.29, 0.717) is 17.1 Å². The van der Waals surface area contributed by atoms with Crippen LogP contribution in [0.15, 0.2) is 22.7 Å². The lowest BCUT2D eigenvalue weighted by atomic mass is 10.2. The highest BCUT2D eigenvalue weighted by molar-refractivity contribution is 9.10. The molecule has 0 aliphatic rings. The highest BCUT2D eigenvalue weighted by Crippen LogP contribution is 2.27. The van der Waals surface area contributed by atoms with Crippen molar-refractivity contribution in [2.75, 3.05) is 6.54 Å². The minimum Gasteiger partial charge on any atom is -0.311 e. The summed E-state index contributed by atoms with van der Waals surface area (Å²) in [7, 11) is 0. The highest BCUT2D eigenvalue weighted by Gasteiger charge is 2.11. The Morgan fingerprint density at radius 2 is 2.24 bits per heavy atom. The smallest absolute Gasteiger partial charge is 0.150 e. The first kappa shape index (κ1) is 12.6. The van der Waals surface area contributed by atoms with Gasteiger partial charge < -0.3 is 5.32 Å². The van der Waals surface area contributed by atoms with Gasteiger partial charge in [-0.05, 0) is 24.7 Å². The van der Waals surface area contributed by atoms with Gasteiger partial charge in [0.1, 0.15) is 10.8 Å². The molecule has 0 saturated carbocycles. The number of hydrogen-bond acceptors (Lipinski definition) is 4. The van der Waals surface area contributed by atoms with Crippen molar-refractivity contribution >= 4 is 27.3 Å². The van der Waals surface area contributed by atoms with Crippen molar-refractivity contribution in [3.05, 3.63) is 33.5 Å². The van der Waals surface area contributed by atoms with Crippen molar-refractivity contribution in [3.63, 3.8) is 0 Å². The average molecular weight is 316 g/mol. The Hall–Kier alpha value is -0.850. The second-order valence-electron chi connectivity index (χ2n) is 3.41. The first-order valence-corrected chi connectivity index (χ1v) is 6.80. The maximum atomic E-state index is 13.7. The van der Waals surface area contributed by atoms with Gasteiger partial charge in [0.05, 0.1) is 0 Å². The SMILES string of the molecule is CCNCc1nnc(-c2ccc(Br)cc2F)s1. The molecule has 3 nitrogen and oxygen atoms in total. The van der Waals surface area contributed by atoms with Crippen LogP contribution in [0.25, 0.3) is 10.6 Å². The molecule has 17 heavy (non-hydrogen) atoms. The number of aromatic nitrogens is 2. The van der Waals surface area contributed by atoms with Gasteiger partial charge in [0.25, 0.3) is 0 Å². The zero-order chi connectivity index (χ0) is 12.3. The summed E-state index contributed by atoms with van der Waals surface area (Å²) >= 11 is 4.63. The summed E-state index contributed by atoms with van der Waals surface area (Å²) in [6.45, 7) is 3.57. The fourth-order valence-corrected chi connectivity index (χ4v) is 2.50. The van der Waals surface area contributed by atoms with Crippen molar-refractivity contribution in [2.45, 2.75) is 13.5 Å². The van der Waals surface area contributed by atoms with Gasteiger partial charge >= 0.3 is 0 Å². The number of halogens is 2. The van der Waals surface area contributed by atoms with E-state index in [9.17, 15) is 4.39 Å². The van der Waals surface area contributed by atoms with Gasteiger partial charge in [-0.15, -0.1) is 10.2 Å². The zero-order valence-electron chi connectivity index (χ0n) is 9.20. The second-order valence-corrected chi connectivity index (χ2v) is 5.38. The van der Waals surface area contributed by atoms with Gasteiger partial charge in [-0.3, -0.25) is 0 Å². The van der Waals surface area contributed by atoms with E-state index in [4.69, 9.17) is 0 Å². The molecule has 6 heteroatoms. The van der Waals surface area contributed by atoms with Gasteiger partial charge in [-0.25, -0.2) is 4.39 Å². The van der Waals surface area contributed by atoms with Crippen LogP contribution >= 0.6 is 27.3 Å². The van der Waals surface area contributed by atoms with Crippen molar-refractivity contribution in [2.24, 2.45) is 0 Å². The fourth-order valence-electron chi connectivity index (χ4n) is 1.33. The lowest BCUT2D eigenvalue weighted by Crippen LogP contribution is -2.11. The molecule has 1 aromatic carbocycles. The summed E-state index contributed by atoms with van der Waals surface area (Å²) in [5.74, 6) is -0.287. The molecule has 1 aromatic heterocycles. The van der Waals surface area contributed by atoms with E-state index in [1.54, 1.807) is 12.1 Å². The minimum atomic E-state index is -0.287. The average Bonchev–Trinajstić information content (AvgIpc) is 2.75. The monoisotopic (exact) mass is 315 g/mol. The van der Waals surface area contributed by atoms with Crippen molar-refractivity contribution < 1.29 is 4.39 Å². The van der Waals surface area contributed by atoms with E-state index in [2.05, 4.69) is 31.4 Å². The zero-order valence-corrected chi connectivity index (χ0v) is 11.6. The second kappa shape index (κ2) is 5.66. The van der Waals surface area contributed by atoms with Crippen LogP contribution in [0.1, 0.15) is 11.9 Å². The largest absolute Gasteiger partial charge is 0.311 e. The van der Waals surface area contributed by atoms with Crippen LogP contribution < -0.4 is 5.32 Å². The van der Waals surface area contributed by atoms with Crippen LogP contribution in [-0.2, 0) is 6.54 Å². The van der Waals surface area contributed by atoms with Crippen LogP contribution in [0, 0.1) is 5.82 Å². The molecule has 0 spiro atoms. The molecule has 0 aliphatic heterocycles. The lowest BCUT2D eigenvalue weighted by molar-refractivity contribution is 0.630. The summed E-state index contributed by atoms with van der Waals surface area (Å²) in [6, 6.07) is 4.93. The van der Waals surface area contributed by atoms with Crippen molar-refractivity contribution in [1.82, 2.24) is 15.5 Å². The van der Waals surface area contributed by atoms with Crippen LogP contribution in [-0.4, -0.2) is 16.7 Å². The van der Waals surface area contributed by atoms with E-state index in [-0.39, 0.29) is 5.82 Å². The van der Waals surface area contributed by atoms with Crippen molar-refractivity contribution in [3.8, 4) is 10.6 Å². The quantitative estimate of drug-likeness (QED) is 0.941. The Kier molecular flexibility index (Phi) is 4.20. The molecule has 0 atom stereocenters. The third kappa shape index (κ3) is 3.08. The molecule has 90 valence electrons. The molecule has 0 unspecified atom stereocenters. The molecule has 0 saturated heterocycles. The third-order valence-electron chi connectivity index (χ3n) is 2.15. The summed E-state index contributed by atoms with van der Waals surface area (Å²) in [6.07, 6.45) is 0. The molecule has 2 aromatic rings. The Morgan fingerprint density at radius 1 is 1.41 bits per heavy atom. The minimum absolute atomic E-state index is 0.287. The number of hydrogen-bond donors (Lipinski definition) is 1. The van der Waals surface area contributed by atoms with Crippen LogP contribution in [0.3, 0.4) is 0 Å². The molecule has 2 rings (SSSR count). The summed E-state index contributed by atoms with van der Waals surface area (Å²) in [4.78, 5) is 0. The number of nitrogens with one attached hydrogen (secondary N) is 1. The van der Waals surface area contributed by atoms with Crippen LogP contribution in [0.5, 0.6) is 0 Å². The van der Waals surface area contributed by atoms with E-state index < -0.39 is 0 Å². The summed E-state index contributed by atoms with van der Waals surface area (Å²) in [5.41, 5.74) is 0.494. The highest BCUT2D eigenvalue weighted by atomic mass is 79.9. The van der Waals surface area contributed by atoms with Gasteiger partial charge in [-0.1, -0.05) is 34.2 Å². The molecular formula is C11H11BrFN3S. The van der Waals surface area contributed by atoms with E-state index in [0.717, 1.165) is 16.0 Å². The fraction of sp³-hybridized carbons (Fsp3) is 0.273. The molecule has 0 amide bonds. The van der Waals surface area contributed by atoms with E-state index in [1.165, 1.54) is 17.4 Å². The Bertz CT molecular complexity index is 515. The Balaban J connectivity index is 2.24.